The average molecular weight is 254 g/mol. The van der Waals surface area contributed by atoms with Gasteiger partial charge in [-0.15, -0.1) is 0 Å². The minimum Gasteiger partial charge on any atom is -0.356 e. The molecule has 1 amide bonds. The van der Waals surface area contributed by atoms with Crippen molar-refractivity contribution < 1.29 is 4.79 Å². The highest BCUT2D eigenvalue weighted by Gasteiger charge is 2.32. The Kier molecular flexibility index (Phi) is 5.64. The van der Waals surface area contributed by atoms with Gasteiger partial charge in [-0.25, -0.2) is 0 Å². The second-order valence-electron chi connectivity index (χ2n) is 6.97. The van der Waals surface area contributed by atoms with Gasteiger partial charge in [0.05, 0.1) is 0 Å². The van der Waals surface area contributed by atoms with Crippen molar-refractivity contribution in [1.29, 1.82) is 0 Å². The zero-order valence-corrected chi connectivity index (χ0v) is 12.5. The van der Waals surface area contributed by atoms with E-state index in [4.69, 9.17) is 5.73 Å². The number of hydrogen-bond acceptors (Lipinski definition) is 2. The Morgan fingerprint density at radius 3 is 2.28 bits per heavy atom. The minimum atomic E-state index is 0.168. The number of nitrogens with one attached hydrogen (secondary N) is 1. The lowest BCUT2D eigenvalue weighted by Crippen LogP contribution is -2.37. The summed E-state index contributed by atoms with van der Waals surface area (Å²) >= 11 is 0. The van der Waals surface area contributed by atoms with Gasteiger partial charge in [0.25, 0.3) is 0 Å². The summed E-state index contributed by atoms with van der Waals surface area (Å²) in [6.07, 6.45) is 5.34. The van der Waals surface area contributed by atoms with Crippen LogP contribution in [-0.2, 0) is 4.79 Å². The number of carbonyl (C=O) groups is 1. The number of hydrogen-bond donors (Lipinski definition) is 2. The van der Waals surface area contributed by atoms with Crippen LogP contribution in [-0.4, -0.2) is 18.5 Å². The van der Waals surface area contributed by atoms with E-state index in [2.05, 4.69) is 26.1 Å². The van der Waals surface area contributed by atoms with E-state index < -0.39 is 0 Å². The molecule has 106 valence electrons. The van der Waals surface area contributed by atoms with Crippen molar-refractivity contribution in [2.75, 3.05) is 6.54 Å². The molecule has 1 aliphatic carbocycles. The summed E-state index contributed by atoms with van der Waals surface area (Å²) in [5, 5.41) is 3.02. The molecule has 1 atom stereocenters. The molecular formula is C15H30N2O. The van der Waals surface area contributed by atoms with Gasteiger partial charge >= 0.3 is 0 Å². The Labute approximate surface area is 112 Å². The zero-order chi connectivity index (χ0) is 13.8. The number of rotatable bonds is 4. The lowest BCUT2D eigenvalue weighted by Gasteiger charge is -2.36. The minimum absolute atomic E-state index is 0.168. The lowest BCUT2D eigenvalue weighted by molar-refractivity contribution is -0.126. The van der Waals surface area contributed by atoms with Gasteiger partial charge in [-0.2, -0.15) is 0 Å². The molecule has 3 nitrogen and oxygen atoms in total. The fourth-order valence-electron chi connectivity index (χ4n) is 2.79. The van der Waals surface area contributed by atoms with Crippen molar-refractivity contribution in [2.45, 2.75) is 65.8 Å². The van der Waals surface area contributed by atoms with Crippen LogP contribution in [0.2, 0.25) is 0 Å². The Balaban J connectivity index is 2.28. The number of carbonyl (C=O) groups excluding carboxylic acids is 1. The Hall–Kier alpha value is -0.570. The first-order valence-corrected chi connectivity index (χ1v) is 7.34. The summed E-state index contributed by atoms with van der Waals surface area (Å²) in [6, 6.07) is 0.168. The fourth-order valence-corrected chi connectivity index (χ4v) is 2.79. The van der Waals surface area contributed by atoms with Gasteiger partial charge < -0.3 is 11.1 Å². The summed E-state index contributed by atoms with van der Waals surface area (Å²) in [5.41, 5.74) is 6.06. The van der Waals surface area contributed by atoms with Crippen LogP contribution in [0.3, 0.4) is 0 Å². The monoisotopic (exact) mass is 254 g/mol. The van der Waals surface area contributed by atoms with Crippen LogP contribution in [0, 0.1) is 17.3 Å². The lowest BCUT2D eigenvalue weighted by atomic mass is 9.69. The molecule has 0 bridgehead atoms. The van der Waals surface area contributed by atoms with E-state index in [-0.39, 0.29) is 17.9 Å². The molecule has 3 N–H and O–H groups in total. The summed E-state index contributed by atoms with van der Waals surface area (Å²) in [5.74, 6) is 1.24. The van der Waals surface area contributed by atoms with E-state index in [1.165, 1.54) is 12.8 Å². The van der Waals surface area contributed by atoms with E-state index in [0.29, 0.717) is 5.41 Å². The predicted octanol–water partition coefficient (Wildman–Crippen LogP) is 2.69. The first-order chi connectivity index (χ1) is 8.30. The van der Waals surface area contributed by atoms with Gasteiger partial charge in [0.2, 0.25) is 5.91 Å². The highest BCUT2D eigenvalue weighted by molar-refractivity contribution is 5.78. The highest BCUT2D eigenvalue weighted by Crippen LogP contribution is 2.39. The molecule has 18 heavy (non-hydrogen) atoms. The molecule has 0 spiro atoms. The molecule has 0 aromatic heterocycles. The second kappa shape index (κ2) is 6.55. The van der Waals surface area contributed by atoms with Crippen LogP contribution in [0.4, 0.5) is 0 Å². The van der Waals surface area contributed by atoms with E-state index in [1.54, 1.807) is 0 Å². The Morgan fingerprint density at radius 1 is 1.28 bits per heavy atom. The van der Waals surface area contributed by atoms with Crippen LogP contribution in [0.5, 0.6) is 0 Å². The SMILES string of the molecule is CC(N)CCNC(=O)C1CCC(C(C)(C)C)CC1. The van der Waals surface area contributed by atoms with Crippen molar-refractivity contribution in [3.63, 3.8) is 0 Å². The standard InChI is InChI=1S/C15H30N2O/c1-11(16)9-10-17-14(18)12-5-7-13(8-6-12)15(2,3)4/h11-13H,5-10,16H2,1-4H3,(H,17,18). The van der Waals surface area contributed by atoms with Gasteiger partial charge in [0.1, 0.15) is 0 Å². The maximum absolute atomic E-state index is 12.0. The van der Waals surface area contributed by atoms with Gasteiger partial charge in [-0.05, 0) is 50.4 Å². The van der Waals surface area contributed by atoms with Crippen LogP contribution in [0.1, 0.15) is 59.8 Å². The smallest absolute Gasteiger partial charge is 0.223 e. The van der Waals surface area contributed by atoms with Crippen molar-refractivity contribution >= 4 is 5.91 Å². The first kappa shape index (κ1) is 15.5. The largest absolute Gasteiger partial charge is 0.356 e. The van der Waals surface area contributed by atoms with Gasteiger partial charge in [0, 0.05) is 18.5 Å². The number of amides is 1. The van der Waals surface area contributed by atoms with Gasteiger partial charge in [-0.1, -0.05) is 20.8 Å². The summed E-state index contributed by atoms with van der Waals surface area (Å²) in [4.78, 5) is 12.0. The van der Waals surface area contributed by atoms with Crippen molar-refractivity contribution in [1.82, 2.24) is 5.32 Å². The molecule has 0 aliphatic heterocycles. The van der Waals surface area contributed by atoms with Crippen molar-refractivity contribution in [3.8, 4) is 0 Å². The second-order valence-corrected chi connectivity index (χ2v) is 6.97. The highest BCUT2D eigenvalue weighted by atomic mass is 16.1. The predicted molar refractivity (Wildman–Crippen MR) is 76.2 cm³/mol. The fraction of sp³-hybridized carbons (Fsp3) is 0.933. The molecular weight excluding hydrogens is 224 g/mol. The zero-order valence-electron chi connectivity index (χ0n) is 12.5. The van der Waals surface area contributed by atoms with E-state index in [0.717, 1.165) is 31.7 Å². The first-order valence-electron chi connectivity index (χ1n) is 7.34. The molecule has 1 rings (SSSR count). The quantitative estimate of drug-likeness (QED) is 0.810. The summed E-state index contributed by atoms with van der Waals surface area (Å²) in [7, 11) is 0. The van der Waals surface area contributed by atoms with Crippen LogP contribution >= 0.6 is 0 Å². The maximum atomic E-state index is 12.0. The normalized spacial score (nSPS) is 26.7. The number of nitrogens with two attached hydrogens (primary N) is 1. The summed E-state index contributed by atoms with van der Waals surface area (Å²) in [6.45, 7) is 9.61. The molecule has 1 aliphatic rings. The van der Waals surface area contributed by atoms with Gasteiger partial charge in [-0.3, -0.25) is 4.79 Å². The Bertz CT molecular complexity index is 260. The van der Waals surface area contributed by atoms with Crippen LogP contribution in [0.25, 0.3) is 0 Å². The van der Waals surface area contributed by atoms with Crippen molar-refractivity contribution in [2.24, 2.45) is 23.0 Å². The molecule has 1 saturated carbocycles. The molecule has 0 radical (unpaired) electrons. The third-order valence-corrected chi connectivity index (χ3v) is 4.22. The molecule has 3 heteroatoms. The third-order valence-electron chi connectivity index (χ3n) is 4.22. The maximum Gasteiger partial charge on any atom is 0.223 e. The topological polar surface area (TPSA) is 55.1 Å². The van der Waals surface area contributed by atoms with Crippen LogP contribution < -0.4 is 11.1 Å². The molecule has 1 unspecified atom stereocenters. The summed E-state index contributed by atoms with van der Waals surface area (Å²) < 4.78 is 0. The van der Waals surface area contributed by atoms with E-state index in [9.17, 15) is 4.79 Å². The average Bonchev–Trinajstić information content (AvgIpc) is 2.27. The molecule has 0 aromatic carbocycles. The van der Waals surface area contributed by atoms with Gasteiger partial charge in [0.15, 0.2) is 0 Å². The Morgan fingerprint density at radius 2 is 1.83 bits per heavy atom. The molecule has 1 fully saturated rings. The molecule has 0 heterocycles. The van der Waals surface area contributed by atoms with E-state index >= 15 is 0 Å². The van der Waals surface area contributed by atoms with E-state index in [1.807, 2.05) is 6.92 Å². The van der Waals surface area contributed by atoms with Crippen molar-refractivity contribution in [3.05, 3.63) is 0 Å². The third kappa shape index (κ3) is 4.97. The molecule has 0 aromatic rings. The molecule has 0 saturated heterocycles. The van der Waals surface area contributed by atoms with Crippen LogP contribution in [0.15, 0.2) is 0 Å².